The number of anilines is 1. The largest absolute Gasteiger partial charge is 0.318 e. The highest BCUT2D eigenvalue weighted by Gasteiger charge is 2.04. The summed E-state index contributed by atoms with van der Waals surface area (Å²) < 4.78 is 0. The number of Topliss-reactive ketones (excluding diaryl/α,β-unsaturated/α-hetero) is 1. The predicted octanol–water partition coefficient (Wildman–Crippen LogP) is 1.86. The molecule has 4 heteroatoms. The van der Waals surface area contributed by atoms with Gasteiger partial charge in [0.1, 0.15) is 0 Å². The van der Waals surface area contributed by atoms with E-state index in [-0.39, 0.29) is 5.78 Å². The Kier molecular flexibility index (Phi) is 3.83. The highest BCUT2D eigenvalue weighted by atomic mass is 79.9. The lowest BCUT2D eigenvalue weighted by atomic mass is 10.1. The molecule has 0 aliphatic carbocycles. The lowest BCUT2D eigenvalue weighted by molar-refractivity contribution is -0.107. The Labute approximate surface area is 90.8 Å². The summed E-state index contributed by atoms with van der Waals surface area (Å²) in [5.41, 5.74) is 1.41. The minimum absolute atomic E-state index is 0.0327. The molecular weight excluding hydrogens is 246 g/mol. The van der Waals surface area contributed by atoms with Crippen molar-refractivity contribution in [3.05, 3.63) is 29.8 Å². The van der Waals surface area contributed by atoms with E-state index in [0.717, 1.165) is 12.1 Å². The number of ketones is 1. The van der Waals surface area contributed by atoms with Crippen LogP contribution in [0.3, 0.4) is 0 Å². The van der Waals surface area contributed by atoms with Gasteiger partial charge in [0.15, 0.2) is 5.78 Å². The number of carbonyl (C=O) groups excluding carboxylic acids is 2. The Morgan fingerprint density at radius 2 is 2.00 bits per heavy atom. The number of benzene rings is 1. The molecule has 0 bridgehead atoms. The molecule has 0 unspecified atom stereocenters. The molecule has 14 heavy (non-hydrogen) atoms. The van der Waals surface area contributed by atoms with E-state index in [1.165, 1.54) is 4.90 Å². The van der Waals surface area contributed by atoms with Crippen molar-refractivity contribution >= 4 is 33.8 Å². The van der Waals surface area contributed by atoms with Crippen LogP contribution in [0, 0.1) is 0 Å². The van der Waals surface area contributed by atoms with Gasteiger partial charge >= 0.3 is 0 Å². The van der Waals surface area contributed by atoms with Crippen molar-refractivity contribution in [3.8, 4) is 0 Å². The van der Waals surface area contributed by atoms with Crippen LogP contribution in [-0.4, -0.2) is 24.6 Å². The number of hydrogen-bond acceptors (Lipinski definition) is 2. The molecule has 0 aliphatic heterocycles. The summed E-state index contributed by atoms with van der Waals surface area (Å²) in [4.78, 5) is 23.1. The molecular formula is C10H10BrNO2. The molecule has 0 spiro atoms. The first-order valence-electron chi connectivity index (χ1n) is 4.06. The van der Waals surface area contributed by atoms with Gasteiger partial charge in [-0.1, -0.05) is 15.9 Å². The lowest BCUT2D eigenvalue weighted by Crippen LogP contribution is -2.13. The van der Waals surface area contributed by atoms with E-state index < -0.39 is 0 Å². The first kappa shape index (κ1) is 10.9. The van der Waals surface area contributed by atoms with E-state index in [0.29, 0.717) is 10.9 Å². The lowest BCUT2D eigenvalue weighted by Gasteiger charge is -2.10. The maximum absolute atomic E-state index is 11.2. The highest BCUT2D eigenvalue weighted by Crippen LogP contribution is 2.13. The van der Waals surface area contributed by atoms with Crippen molar-refractivity contribution < 1.29 is 9.59 Å². The zero-order chi connectivity index (χ0) is 10.6. The first-order chi connectivity index (χ1) is 6.69. The predicted molar refractivity (Wildman–Crippen MR) is 59.0 cm³/mol. The third kappa shape index (κ3) is 2.42. The maximum atomic E-state index is 11.2. The van der Waals surface area contributed by atoms with Crippen molar-refractivity contribution in [3.63, 3.8) is 0 Å². The van der Waals surface area contributed by atoms with Crippen molar-refractivity contribution in [2.45, 2.75) is 0 Å². The van der Waals surface area contributed by atoms with Crippen molar-refractivity contribution in [1.82, 2.24) is 0 Å². The van der Waals surface area contributed by atoms with Gasteiger partial charge in [-0.25, -0.2) is 0 Å². The summed E-state index contributed by atoms with van der Waals surface area (Å²) in [6.45, 7) is 0. The smallest absolute Gasteiger partial charge is 0.213 e. The summed E-state index contributed by atoms with van der Waals surface area (Å²) >= 11 is 3.10. The molecule has 0 N–H and O–H groups in total. The second-order valence-corrected chi connectivity index (χ2v) is 3.38. The average molecular weight is 256 g/mol. The van der Waals surface area contributed by atoms with E-state index in [1.54, 1.807) is 31.3 Å². The monoisotopic (exact) mass is 255 g/mol. The normalized spacial score (nSPS) is 9.57. The van der Waals surface area contributed by atoms with Gasteiger partial charge in [0, 0.05) is 18.3 Å². The number of hydrogen-bond donors (Lipinski definition) is 0. The van der Waals surface area contributed by atoms with Crippen molar-refractivity contribution in [2.75, 3.05) is 17.3 Å². The van der Waals surface area contributed by atoms with Crippen LogP contribution in [0.1, 0.15) is 10.4 Å². The van der Waals surface area contributed by atoms with Gasteiger partial charge in [0.05, 0.1) is 5.33 Å². The molecule has 0 aromatic heterocycles. The van der Waals surface area contributed by atoms with Gasteiger partial charge in [0.25, 0.3) is 0 Å². The van der Waals surface area contributed by atoms with E-state index in [9.17, 15) is 9.59 Å². The van der Waals surface area contributed by atoms with E-state index in [1.807, 2.05) is 0 Å². The van der Waals surface area contributed by atoms with Crippen LogP contribution in [0.5, 0.6) is 0 Å². The molecule has 3 nitrogen and oxygen atoms in total. The fourth-order valence-corrected chi connectivity index (χ4v) is 1.34. The van der Waals surface area contributed by atoms with Crippen LogP contribution < -0.4 is 4.90 Å². The van der Waals surface area contributed by atoms with Crippen molar-refractivity contribution in [1.29, 1.82) is 0 Å². The molecule has 74 valence electrons. The Morgan fingerprint density at radius 1 is 1.43 bits per heavy atom. The SMILES string of the molecule is CN(C=O)c1ccc(C(=O)CBr)cc1. The second kappa shape index (κ2) is 4.91. The van der Waals surface area contributed by atoms with Crippen LogP contribution >= 0.6 is 15.9 Å². The molecule has 1 aromatic carbocycles. The number of rotatable bonds is 4. The van der Waals surface area contributed by atoms with Gasteiger partial charge in [-0.3, -0.25) is 9.59 Å². The molecule has 0 heterocycles. The van der Waals surface area contributed by atoms with Gasteiger partial charge in [-0.05, 0) is 24.3 Å². The number of alkyl halides is 1. The van der Waals surface area contributed by atoms with Crippen LogP contribution in [-0.2, 0) is 4.79 Å². The molecule has 0 saturated heterocycles. The van der Waals surface area contributed by atoms with E-state index >= 15 is 0 Å². The Hall–Kier alpha value is -1.16. The first-order valence-corrected chi connectivity index (χ1v) is 5.18. The van der Waals surface area contributed by atoms with E-state index in [4.69, 9.17) is 0 Å². The highest BCUT2D eigenvalue weighted by molar-refractivity contribution is 9.09. The zero-order valence-corrected chi connectivity index (χ0v) is 9.32. The molecule has 0 radical (unpaired) electrons. The average Bonchev–Trinajstić information content (AvgIpc) is 2.27. The number of halogens is 1. The minimum atomic E-state index is 0.0327. The van der Waals surface area contributed by atoms with Gasteiger partial charge in [-0.15, -0.1) is 0 Å². The number of nitrogens with zero attached hydrogens (tertiary/aromatic N) is 1. The molecule has 0 saturated carbocycles. The zero-order valence-electron chi connectivity index (χ0n) is 7.74. The summed E-state index contributed by atoms with van der Waals surface area (Å²) in [6, 6.07) is 6.90. The summed E-state index contributed by atoms with van der Waals surface area (Å²) in [6.07, 6.45) is 0.724. The number of amides is 1. The van der Waals surface area contributed by atoms with Gasteiger partial charge in [0.2, 0.25) is 6.41 Å². The summed E-state index contributed by atoms with van der Waals surface area (Å²) in [7, 11) is 1.66. The van der Waals surface area contributed by atoms with Crippen LogP contribution in [0.15, 0.2) is 24.3 Å². The topological polar surface area (TPSA) is 37.4 Å². The summed E-state index contributed by atoms with van der Waals surface area (Å²) in [5, 5.41) is 0.315. The van der Waals surface area contributed by atoms with Gasteiger partial charge < -0.3 is 4.90 Å². The van der Waals surface area contributed by atoms with E-state index in [2.05, 4.69) is 15.9 Å². The minimum Gasteiger partial charge on any atom is -0.318 e. The van der Waals surface area contributed by atoms with Gasteiger partial charge in [-0.2, -0.15) is 0 Å². The third-order valence-electron chi connectivity index (χ3n) is 1.88. The number of carbonyl (C=O) groups is 2. The molecule has 0 atom stereocenters. The summed E-state index contributed by atoms with van der Waals surface area (Å²) in [5.74, 6) is 0.0327. The molecule has 1 amide bonds. The quantitative estimate of drug-likeness (QED) is 0.468. The Balaban J connectivity index is 2.88. The van der Waals surface area contributed by atoms with Crippen molar-refractivity contribution in [2.24, 2.45) is 0 Å². The second-order valence-electron chi connectivity index (χ2n) is 2.82. The maximum Gasteiger partial charge on any atom is 0.213 e. The van der Waals surface area contributed by atoms with Crippen LogP contribution in [0.2, 0.25) is 0 Å². The molecule has 1 rings (SSSR count). The van der Waals surface area contributed by atoms with Crippen LogP contribution in [0.25, 0.3) is 0 Å². The Morgan fingerprint density at radius 3 is 2.43 bits per heavy atom. The fraction of sp³-hybridized carbons (Fsp3) is 0.200. The fourth-order valence-electron chi connectivity index (χ4n) is 1.02. The molecule has 1 aromatic rings. The Bertz CT molecular complexity index is 334. The molecule has 0 aliphatic rings. The standard InChI is InChI=1S/C10H10BrNO2/c1-12(7-13)9-4-2-8(3-5-9)10(14)6-11/h2-5,7H,6H2,1H3. The molecule has 0 fully saturated rings. The third-order valence-corrected chi connectivity index (χ3v) is 2.39. The van der Waals surface area contributed by atoms with Crippen LogP contribution in [0.4, 0.5) is 5.69 Å².